The second-order valence-electron chi connectivity index (χ2n) is 5.71. The van der Waals surface area contributed by atoms with Crippen molar-refractivity contribution in [2.45, 2.75) is 37.2 Å². The number of aliphatic carboxylic acids is 1. The molecule has 1 aliphatic carbocycles. The van der Waals surface area contributed by atoms with Crippen molar-refractivity contribution in [3.8, 4) is 11.5 Å². The number of methoxy groups -OCH3 is 1. The topological polar surface area (TPSA) is 55.8 Å². The Balaban J connectivity index is 1.90. The van der Waals surface area contributed by atoms with Gasteiger partial charge in [-0.15, -0.1) is 0 Å². The van der Waals surface area contributed by atoms with Crippen LogP contribution >= 0.6 is 11.8 Å². The van der Waals surface area contributed by atoms with Crippen molar-refractivity contribution in [2.75, 3.05) is 18.6 Å². The summed E-state index contributed by atoms with van der Waals surface area (Å²) in [4.78, 5) is 11.6. The van der Waals surface area contributed by atoms with Gasteiger partial charge < -0.3 is 14.6 Å². The van der Waals surface area contributed by atoms with E-state index < -0.39 is 11.4 Å². The average molecular weight is 308 g/mol. The van der Waals surface area contributed by atoms with E-state index >= 15 is 0 Å². The van der Waals surface area contributed by atoms with Crippen molar-refractivity contribution in [3.05, 3.63) is 23.8 Å². The van der Waals surface area contributed by atoms with Gasteiger partial charge in [0.1, 0.15) is 6.10 Å². The zero-order valence-corrected chi connectivity index (χ0v) is 12.9. The van der Waals surface area contributed by atoms with E-state index in [-0.39, 0.29) is 6.10 Å². The maximum absolute atomic E-state index is 11.6. The fraction of sp³-hybridized carbons (Fsp3) is 0.562. The number of carboxylic acids is 1. The maximum Gasteiger partial charge on any atom is 0.314 e. The minimum Gasteiger partial charge on any atom is -0.493 e. The van der Waals surface area contributed by atoms with Crippen LogP contribution in [0.5, 0.6) is 11.5 Å². The Morgan fingerprint density at radius 2 is 2.19 bits per heavy atom. The smallest absolute Gasteiger partial charge is 0.314 e. The summed E-state index contributed by atoms with van der Waals surface area (Å²) in [6, 6.07) is 5.56. The molecule has 1 saturated heterocycles. The lowest BCUT2D eigenvalue weighted by Gasteiger charge is -2.38. The fourth-order valence-electron chi connectivity index (χ4n) is 3.01. The standard InChI is InChI=1S/C16H20O4S/c1-19-13-4-3-11(16(15(17)18)6-2-7-16)9-14(13)20-12-5-8-21-10-12/h3-4,9,12H,2,5-8,10H2,1H3,(H,17,18). The summed E-state index contributed by atoms with van der Waals surface area (Å²) in [6.45, 7) is 0. The van der Waals surface area contributed by atoms with Crippen LogP contribution in [0.1, 0.15) is 31.2 Å². The highest BCUT2D eigenvalue weighted by Crippen LogP contribution is 2.46. The van der Waals surface area contributed by atoms with Gasteiger partial charge in [-0.2, -0.15) is 11.8 Å². The quantitative estimate of drug-likeness (QED) is 0.906. The van der Waals surface area contributed by atoms with E-state index in [1.165, 1.54) is 0 Å². The second-order valence-corrected chi connectivity index (χ2v) is 6.86. The molecule has 2 fully saturated rings. The van der Waals surface area contributed by atoms with Crippen LogP contribution in [0.15, 0.2) is 18.2 Å². The Labute approximate surface area is 128 Å². The molecule has 1 heterocycles. The molecule has 0 aromatic heterocycles. The van der Waals surface area contributed by atoms with E-state index in [1.54, 1.807) is 7.11 Å². The minimum atomic E-state index is -0.735. The molecule has 2 aliphatic rings. The normalized spacial score (nSPS) is 23.4. The number of thioether (sulfide) groups is 1. The molecule has 1 saturated carbocycles. The molecule has 3 rings (SSSR count). The molecule has 1 unspecified atom stereocenters. The number of carbonyl (C=O) groups is 1. The number of hydrogen-bond donors (Lipinski definition) is 1. The van der Waals surface area contributed by atoms with Gasteiger partial charge in [0.15, 0.2) is 11.5 Å². The maximum atomic E-state index is 11.6. The molecule has 0 amide bonds. The van der Waals surface area contributed by atoms with Crippen molar-refractivity contribution >= 4 is 17.7 Å². The van der Waals surface area contributed by atoms with Crippen LogP contribution in [0.3, 0.4) is 0 Å². The summed E-state index contributed by atoms with van der Waals surface area (Å²) in [5.74, 6) is 2.72. The zero-order valence-electron chi connectivity index (χ0n) is 12.1. The van der Waals surface area contributed by atoms with Crippen LogP contribution in [0, 0.1) is 0 Å². The first kappa shape index (κ1) is 14.6. The highest BCUT2D eigenvalue weighted by atomic mass is 32.2. The van der Waals surface area contributed by atoms with Crippen molar-refractivity contribution in [3.63, 3.8) is 0 Å². The van der Waals surface area contributed by atoms with E-state index in [9.17, 15) is 9.90 Å². The van der Waals surface area contributed by atoms with Gasteiger partial charge in [0.05, 0.1) is 12.5 Å². The predicted molar refractivity (Wildman–Crippen MR) is 82.5 cm³/mol. The average Bonchev–Trinajstić information content (AvgIpc) is 2.90. The molecule has 21 heavy (non-hydrogen) atoms. The van der Waals surface area contributed by atoms with Crippen LogP contribution in [0.4, 0.5) is 0 Å². The summed E-state index contributed by atoms with van der Waals surface area (Å²) in [5, 5.41) is 9.56. The number of hydrogen-bond acceptors (Lipinski definition) is 4. The second kappa shape index (κ2) is 5.79. The number of carboxylic acid groups (broad SMARTS) is 1. The lowest BCUT2D eigenvalue weighted by Crippen LogP contribution is -2.42. The van der Waals surface area contributed by atoms with E-state index in [0.29, 0.717) is 24.3 Å². The minimum absolute atomic E-state index is 0.196. The van der Waals surface area contributed by atoms with E-state index in [4.69, 9.17) is 9.47 Å². The Bertz CT molecular complexity index is 533. The molecule has 1 N–H and O–H groups in total. The van der Waals surface area contributed by atoms with Crippen LogP contribution < -0.4 is 9.47 Å². The molecule has 4 nitrogen and oxygen atoms in total. The molecule has 0 bridgehead atoms. The van der Waals surface area contributed by atoms with Gasteiger partial charge in [-0.3, -0.25) is 4.79 Å². The molecule has 0 spiro atoms. The van der Waals surface area contributed by atoms with Crippen molar-refractivity contribution < 1.29 is 19.4 Å². The summed E-state index contributed by atoms with van der Waals surface area (Å²) >= 11 is 1.89. The van der Waals surface area contributed by atoms with E-state index in [0.717, 1.165) is 29.9 Å². The van der Waals surface area contributed by atoms with Gasteiger partial charge in [0.25, 0.3) is 0 Å². The SMILES string of the molecule is COc1ccc(C2(C(=O)O)CCC2)cc1OC1CCSC1. The fourth-order valence-corrected chi connectivity index (χ4v) is 4.10. The van der Waals surface area contributed by atoms with E-state index in [1.807, 2.05) is 30.0 Å². The van der Waals surface area contributed by atoms with Gasteiger partial charge in [-0.1, -0.05) is 12.5 Å². The zero-order chi connectivity index (χ0) is 14.9. The molecule has 1 atom stereocenters. The van der Waals surface area contributed by atoms with Crippen molar-refractivity contribution in [1.82, 2.24) is 0 Å². The van der Waals surface area contributed by atoms with Gasteiger partial charge in [-0.05, 0) is 42.7 Å². The third-order valence-corrected chi connectivity index (χ3v) is 5.65. The number of benzene rings is 1. The molecule has 1 aliphatic heterocycles. The lowest BCUT2D eigenvalue weighted by molar-refractivity contribution is -0.147. The van der Waals surface area contributed by atoms with Crippen LogP contribution in [-0.2, 0) is 10.2 Å². The Kier molecular flexibility index (Phi) is 4.02. The highest BCUT2D eigenvalue weighted by molar-refractivity contribution is 7.99. The first-order valence-corrected chi connectivity index (χ1v) is 8.47. The van der Waals surface area contributed by atoms with Gasteiger partial charge in [0.2, 0.25) is 0 Å². The molecular weight excluding hydrogens is 288 g/mol. The third-order valence-electron chi connectivity index (χ3n) is 4.51. The van der Waals surface area contributed by atoms with Crippen LogP contribution in [0.25, 0.3) is 0 Å². The van der Waals surface area contributed by atoms with E-state index in [2.05, 4.69) is 0 Å². The van der Waals surface area contributed by atoms with Crippen molar-refractivity contribution in [2.24, 2.45) is 0 Å². The Morgan fingerprint density at radius 3 is 2.71 bits per heavy atom. The Hall–Kier alpha value is -1.36. The third kappa shape index (κ3) is 2.59. The number of ether oxygens (including phenoxy) is 2. The van der Waals surface area contributed by atoms with Crippen LogP contribution in [0.2, 0.25) is 0 Å². The summed E-state index contributed by atoms with van der Waals surface area (Å²) < 4.78 is 11.4. The first-order chi connectivity index (χ1) is 10.2. The number of rotatable bonds is 5. The molecule has 1 aromatic carbocycles. The molecule has 0 radical (unpaired) electrons. The molecule has 1 aromatic rings. The molecular formula is C16H20O4S. The van der Waals surface area contributed by atoms with Gasteiger partial charge >= 0.3 is 5.97 Å². The lowest BCUT2D eigenvalue weighted by atomic mass is 9.64. The molecule has 114 valence electrons. The summed E-state index contributed by atoms with van der Waals surface area (Å²) in [5.41, 5.74) is 0.108. The summed E-state index contributed by atoms with van der Waals surface area (Å²) in [6.07, 6.45) is 3.60. The van der Waals surface area contributed by atoms with Crippen LogP contribution in [-0.4, -0.2) is 35.8 Å². The summed E-state index contributed by atoms with van der Waals surface area (Å²) in [7, 11) is 1.61. The van der Waals surface area contributed by atoms with Gasteiger partial charge in [0, 0.05) is 5.75 Å². The largest absolute Gasteiger partial charge is 0.493 e. The predicted octanol–water partition coefficient (Wildman–Crippen LogP) is 3.09. The van der Waals surface area contributed by atoms with Crippen molar-refractivity contribution in [1.29, 1.82) is 0 Å². The Morgan fingerprint density at radius 1 is 1.38 bits per heavy atom. The first-order valence-electron chi connectivity index (χ1n) is 7.32. The molecule has 5 heteroatoms. The monoisotopic (exact) mass is 308 g/mol. The van der Waals surface area contributed by atoms with Gasteiger partial charge in [-0.25, -0.2) is 0 Å². The highest BCUT2D eigenvalue weighted by Gasteiger charge is 2.46.